The molecule has 0 radical (unpaired) electrons. The van der Waals surface area contributed by atoms with Crippen LogP contribution in [-0.2, 0) is 19.0 Å². The van der Waals surface area contributed by atoms with Crippen LogP contribution in [-0.4, -0.2) is 60.8 Å². The molecule has 7 unspecified atom stereocenters. The highest BCUT2D eigenvalue weighted by molar-refractivity contribution is 5.66. The number of esters is 1. The van der Waals surface area contributed by atoms with E-state index in [-0.39, 0.29) is 30.8 Å². The maximum absolute atomic E-state index is 11.6. The number of carbonyl (C=O) groups is 1. The standard InChI is InChI=1S/C20H27NO5/c1-5-8-21-15-16(23)18(4)19(10-24-13(3)22)7-6-12(2)9-14(19)26-17(15)20(18)11-25-20/h1,9,14-17,21,23H,6-8,10-11H2,2-4H3. The predicted octanol–water partition coefficient (Wildman–Crippen LogP) is 0.785. The number of carbonyl (C=O) groups excluding carboxylic acids is 1. The molecule has 2 heterocycles. The Morgan fingerprint density at radius 2 is 2.31 bits per heavy atom. The van der Waals surface area contributed by atoms with E-state index in [0.717, 1.165) is 12.8 Å². The van der Waals surface area contributed by atoms with Crippen LogP contribution < -0.4 is 5.32 Å². The quantitative estimate of drug-likeness (QED) is 0.333. The van der Waals surface area contributed by atoms with Gasteiger partial charge in [0.15, 0.2) is 0 Å². The van der Waals surface area contributed by atoms with E-state index in [1.165, 1.54) is 12.5 Å². The molecule has 6 heteroatoms. The predicted molar refractivity (Wildman–Crippen MR) is 94.1 cm³/mol. The van der Waals surface area contributed by atoms with Crippen LogP contribution >= 0.6 is 0 Å². The van der Waals surface area contributed by atoms with Gasteiger partial charge < -0.3 is 19.3 Å². The molecule has 0 aromatic heterocycles. The first-order chi connectivity index (χ1) is 12.3. The number of hydrogen-bond donors (Lipinski definition) is 2. The van der Waals surface area contributed by atoms with Crippen LogP contribution in [0.5, 0.6) is 0 Å². The lowest BCUT2D eigenvalue weighted by Crippen LogP contribution is -2.66. The third-order valence-electron chi connectivity index (χ3n) is 7.30. The Bertz CT molecular complexity index is 693. The lowest BCUT2D eigenvalue weighted by Gasteiger charge is -2.58. The normalized spacial score (nSPS) is 48.5. The van der Waals surface area contributed by atoms with Crippen molar-refractivity contribution in [3.05, 3.63) is 11.6 Å². The maximum Gasteiger partial charge on any atom is 0.302 e. The zero-order chi connectivity index (χ0) is 18.7. The summed E-state index contributed by atoms with van der Waals surface area (Å²) in [6, 6.07) is -0.313. The molecule has 0 aromatic rings. The summed E-state index contributed by atoms with van der Waals surface area (Å²) < 4.78 is 18.0. The van der Waals surface area contributed by atoms with Crippen molar-refractivity contribution in [3.63, 3.8) is 0 Å². The average Bonchev–Trinajstić information content (AvgIpc) is 3.38. The minimum atomic E-state index is -0.712. The lowest BCUT2D eigenvalue weighted by atomic mass is 9.51. The summed E-state index contributed by atoms with van der Waals surface area (Å²) in [7, 11) is 0. The zero-order valence-electron chi connectivity index (χ0n) is 15.6. The van der Waals surface area contributed by atoms with Gasteiger partial charge in [0.2, 0.25) is 0 Å². The number of allylic oxidation sites excluding steroid dienone is 1. The van der Waals surface area contributed by atoms with Crippen molar-refractivity contribution in [2.75, 3.05) is 19.8 Å². The van der Waals surface area contributed by atoms with Crippen molar-refractivity contribution >= 4 is 5.97 Å². The van der Waals surface area contributed by atoms with E-state index >= 15 is 0 Å². The van der Waals surface area contributed by atoms with Crippen LogP contribution in [0.4, 0.5) is 0 Å². The molecular weight excluding hydrogens is 334 g/mol. The van der Waals surface area contributed by atoms with Gasteiger partial charge in [-0.2, -0.15) is 0 Å². The highest BCUT2D eigenvalue weighted by Crippen LogP contribution is 2.71. The highest BCUT2D eigenvalue weighted by Gasteiger charge is 2.84. The Labute approximate surface area is 154 Å². The number of ether oxygens (including phenoxy) is 3. The molecule has 0 aromatic carbocycles. The molecule has 1 spiro atoms. The van der Waals surface area contributed by atoms with Gasteiger partial charge in [-0.1, -0.05) is 24.5 Å². The Balaban J connectivity index is 1.80. The third kappa shape index (κ3) is 2.06. The molecule has 2 bridgehead atoms. The Morgan fingerprint density at radius 3 is 2.92 bits per heavy atom. The second-order valence-corrected chi connectivity index (χ2v) is 8.36. The van der Waals surface area contributed by atoms with Crippen molar-refractivity contribution in [3.8, 4) is 12.3 Å². The van der Waals surface area contributed by atoms with E-state index < -0.39 is 22.5 Å². The van der Waals surface area contributed by atoms with Crippen LogP contribution in [0.25, 0.3) is 0 Å². The summed E-state index contributed by atoms with van der Waals surface area (Å²) in [4.78, 5) is 11.6. The van der Waals surface area contributed by atoms with Crippen LogP contribution in [0, 0.1) is 23.2 Å². The molecule has 3 fully saturated rings. The first kappa shape index (κ1) is 18.0. The second-order valence-electron chi connectivity index (χ2n) is 8.36. The van der Waals surface area contributed by atoms with Crippen molar-refractivity contribution in [1.29, 1.82) is 0 Å². The molecule has 4 aliphatic rings. The van der Waals surface area contributed by atoms with E-state index in [2.05, 4.69) is 31.2 Å². The van der Waals surface area contributed by atoms with Gasteiger partial charge in [-0.25, -0.2) is 0 Å². The molecular formula is C20H27NO5. The molecule has 6 nitrogen and oxygen atoms in total. The zero-order valence-corrected chi connectivity index (χ0v) is 15.6. The van der Waals surface area contributed by atoms with Crippen molar-refractivity contribution in [1.82, 2.24) is 5.32 Å². The summed E-state index contributed by atoms with van der Waals surface area (Å²) >= 11 is 0. The number of aliphatic hydroxyl groups is 1. The van der Waals surface area contributed by atoms with Gasteiger partial charge in [0.05, 0.1) is 31.4 Å². The number of nitrogens with one attached hydrogen (secondary N) is 1. The summed E-state index contributed by atoms with van der Waals surface area (Å²) in [6.07, 6.45) is 7.98. The van der Waals surface area contributed by atoms with Gasteiger partial charge in [0.25, 0.3) is 0 Å². The van der Waals surface area contributed by atoms with Crippen molar-refractivity contribution in [2.24, 2.45) is 10.8 Å². The molecule has 7 atom stereocenters. The number of fused-ring (bicyclic) bond motifs is 2. The van der Waals surface area contributed by atoms with Gasteiger partial charge in [-0.15, -0.1) is 6.42 Å². The summed E-state index contributed by atoms with van der Waals surface area (Å²) in [5.74, 6) is 2.25. The van der Waals surface area contributed by atoms with Crippen LogP contribution in [0.2, 0.25) is 0 Å². The first-order valence-electron chi connectivity index (χ1n) is 9.27. The largest absolute Gasteiger partial charge is 0.465 e. The molecule has 2 saturated heterocycles. The van der Waals surface area contributed by atoms with Crippen LogP contribution in [0.3, 0.4) is 0 Å². The Kier molecular flexibility index (Phi) is 4.02. The molecule has 0 amide bonds. The van der Waals surface area contributed by atoms with E-state index in [1.807, 2.05) is 0 Å². The molecule has 1 saturated carbocycles. The fourth-order valence-corrected chi connectivity index (χ4v) is 5.69. The smallest absolute Gasteiger partial charge is 0.302 e. The van der Waals surface area contributed by atoms with Crippen molar-refractivity contribution < 1.29 is 24.1 Å². The van der Waals surface area contributed by atoms with E-state index in [0.29, 0.717) is 13.2 Å². The molecule has 142 valence electrons. The number of terminal acetylenes is 1. The minimum Gasteiger partial charge on any atom is -0.465 e. The number of aliphatic hydroxyl groups excluding tert-OH is 1. The van der Waals surface area contributed by atoms with Gasteiger partial charge >= 0.3 is 5.97 Å². The highest BCUT2D eigenvalue weighted by atomic mass is 16.6. The lowest BCUT2D eigenvalue weighted by molar-refractivity contribution is -0.230. The van der Waals surface area contributed by atoms with E-state index in [9.17, 15) is 9.90 Å². The molecule has 2 N–H and O–H groups in total. The van der Waals surface area contributed by atoms with Gasteiger partial charge in [-0.3, -0.25) is 10.1 Å². The maximum atomic E-state index is 11.6. The Morgan fingerprint density at radius 1 is 1.58 bits per heavy atom. The molecule has 2 aliphatic heterocycles. The van der Waals surface area contributed by atoms with Crippen LogP contribution in [0.15, 0.2) is 11.6 Å². The van der Waals surface area contributed by atoms with Crippen LogP contribution in [0.1, 0.15) is 33.6 Å². The van der Waals surface area contributed by atoms with E-state index in [1.54, 1.807) is 0 Å². The average molecular weight is 361 g/mol. The minimum absolute atomic E-state index is 0.212. The number of epoxide rings is 1. The first-order valence-corrected chi connectivity index (χ1v) is 9.27. The number of hydrogen-bond acceptors (Lipinski definition) is 6. The summed E-state index contributed by atoms with van der Waals surface area (Å²) in [5, 5.41) is 14.7. The van der Waals surface area contributed by atoms with E-state index in [4.69, 9.17) is 20.6 Å². The topological polar surface area (TPSA) is 80.3 Å². The monoisotopic (exact) mass is 361 g/mol. The fourth-order valence-electron chi connectivity index (χ4n) is 5.69. The molecule has 2 aliphatic carbocycles. The molecule has 4 rings (SSSR count). The molecule has 26 heavy (non-hydrogen) atoms. The third-order valence-corrected chi connectivity index (χ3v) is 7.30. The summed E-state index contributed by atoms with van der Waals surface area (Å²) in [6.45, 7) is 6.68. The Hall–Kier alpha value is -1.39. The van der Waals surface area contributed by atoms with Crippen molar-refractivity contribution in [2.45, 2.75) is 63.6 Å². The van der Waals surface area contributed by atoms with Gasteiger partial charge in [0, 0.05) is 17.8 Å². The number of rotatable bonds is 4. The summed E-state index contributed by atoms with van der Waals surface area (Å²) in [5.41, 5.74) is -0.440. The SMILES string of the molecule is C#CCNC1C2OC3C=C(C)CCC3(COC(C)=O)C(C)(C1O)C21CO1. The fraction of sp³-hybridized carbons (Fsp3) is 0.750. The van der Waals surface area contributed by atoms with Gasteiger partial charge in [-0.05, 0) is 19.8 Å². The second kappa shape index (κ2) is 5.80. The van der Waals surface area contributed by atoms with Gasteiger partial charge in [0.1, 0.15) is 18.3 Å².